The topological polar surface area (TPSA) is 50.7 Å². The Labute approximate surface area is 116 Å². The molecule has 0 fully saturated rings. The molecule has 0 atom stereocenters. The maximum absolute atomic E-state index is 13.5. The van der Waals surface area contributed by atoms with Gasteiger partial charge >= 0.3 is 0 Å². The summed E-state index contributed by atoms with van der Waals surface area (Å²) in [6.45, 7) is 0. The second-order valence-electron chi connectivity index (χ2n) is 3.91. The zero-order valence-corrected chi connectivity index (χ0v) is 11.2. The first-order valence-electron chi connectivity index (χ1n) is 5.54. The summed E-state index contributed by atoms with van der Waals surface area (Å²) in [6.07, 6.45) is 0. The Morgan fingerprint density at radius 2 is 1.89 bits per heavy atom. The zero-order valence-electron chi connectivity index (χ0n) is 9.64. The third-order valence-electron chi connectivity index (χ3n) is 2.64. The van der Waals surface area contributed by atoms with E-state index in [1.165, 1.54) is 6.07 Å². The molecule has 0 saturated heterocycles. The van der Waals surface area contributed by atoms with Gasteiger partial charge in [-0.05, 0) is 51.5 Å². The van der Waals surface area contributed by atoms with Crippen LogP contribution in [-0.4, -0.2) is 15.4 Å². The molecule has 19 heavy (non-hydrogen) atoms. The number of aromatic nitrogens is 3. The summed E-state index contributed by atoms with van der Waals surface area (Å²) in [6, 6.07) is 12.3. The predicted octanol–water partition coefficient (Wildman–Crippen LogP) is 3.67. The van der Waals surface area contributed by atoms with Crippen LogP contribution in [0.3, 0.4) is 0 Å². The van der Waals surface area contributed by atoms with Gasteiger partial charge in [0.15, 0.2) is 5.82 Å². The lowest BCUT2D eigenvalue weighted by atomic mass is 10.2. The molecule has 0 aliphatic carbocycles. The van der Waals surface area contributed by atoms with Crippen LogP contribution in [-0.2, 0) is 0 Å². The lowest BCUT2D eigenvalue weighted by molar-refractivity contribution is 0.622. The van der Waals surface area contributed by atoms with Gasteiger partial charge in [-0.15, -0.1) is 10.2 Å². The summed E-state index contributed by atoms with van der Waals surface area (Å²) in [4.78, 5) is 0. The first-order valence-corrected chi connectivity index (χ1v) is 6.33. The number of anilines is 2. The minimum absolute atomic E-state index is 0.337. The van der Waals surface area contributed by atoms with Crippen LogP contribution in [0.2, 0.25) is 0 Å². The van der Waals surface area contributed by atoms with Crippen LogP contribution in [0.25, 0.3) is 10.9 Å². The number of nitrogens with one attached hydrogen (secondary N) is 1. The quantitative estimate of drug-likeness (QED) is 0.783. The molecule has 4 nitrogen and oxygen atoms in total. The van der Waals surface area contributed by atoms with Crippen LogP contribution in [0, 0.1) is 5.82 Å². The van der Waals surface area contributed by atoms with E-state index < -0.39 is 0 Å². The van der Waals surface area contributed by atoms with Gasteiger partial charge in [-0.3, -0.25) is 0 Å². The zero-order chi connectivity index (χ0) is 13.2. The van der Waals surface area contributed by atoms with Crippen molar-refractivity contribution < 1.29 is 4.39 Å². The highest BCUT2D eigenvalue weighted by Crippen LogP contribution is 2.24. The molecule has 1 aromatic heterocycles. The molecule has 0 bridgehead atoms. The molecule has 0 aliphatic rings. The van der Waals surface area contributed by atoms with Gasteiger partial charge < -0.3 is 5.32 Å². The molecule has 6 heteroatoms. The van der Waals surface area contributed by atoms with Crippen LogP contribution < -0.4 is 5.32 Å². The van der Waals surface area contributed by atoms with Gasteiger partial charge in [0.2, 0.25) is 0 Å². The van der Waals surface area contributed by atoms with Gasteiger partial charge in [0.05, 0.1) is 9.99 Å². The molecule has 94 valence electrons. The normalized spacial score (nSPS) is 10.6. The van der Waals surface area contributed by atoms with Crippen LogP contribution in [0.1, 0.15) is 0 Å². The molecule has 0 unspecified atom stereocenters. The van der Waals surface area contributed by atoms with E-state index >= 15 is 0 Å². The number of rotatable bonds is 2. The van der Waals surface area contributed by atoms with Crippen LogP contribution >= 0.6 is 15.9 Å². The SMILES string of the molecule is Fc1cc(Nc2nnnc3ccccc23)ccc1Br. The fourth-order valence-corrected chi connectivity index (χ4v) is 1.98. The van der Waals surface area contributed by atoms with Gasteiger partial charge in [-0.2, -0.15) is 0 Å². The molecule has 0 amide bonds. The van der Waals surface area contributed by atoms with E-state index in [1.54, 1.807) is 12.1 Å². The van der Waals surface area contributed by atoms with Crippen molar-refractivity contribution in [2.24, 2.45) is 0 Å². The van der Waals surface area contributed by atoms with Crippen molar-refractivity contribution in [3.63, 3.8) is 0 Å². The minimum Gasteiger partial charge on any atom is -0.338 e. The van der Waals surface area contributed by atoms with Gasteiger partial charge in [0.25, 0.3) is 0 Å². The Morgan fingerprint density at radius 3 is 2.74 bits per heavy atom. The third-order valence-corrected chi connectivity index (χ3v) is 3.28. The minimum atomic E-state index is -0.337. The highest BCUT2D eigenvalue weighted by Gasteiger charge is 2.06. The monoisotopic (exact) mass is 318 g/mol. The maximum Gasteiger partial charge on any atom is 0.164 e. The van der Waals surface area contributed by atoms with Crippen molar-refractivity contribution in [3.05, 3.63) is 52.8 Å². The van der Waals surface area contributed by atoms with Gasteiger partial charge in [-0.1, -0.05) is 12.1 Å². The Hall–Kier alpha value is -2.08. The summed E-state index contributed by atoms with van der Waals surface area (Å²) in [5.74, 6) is 0.212. The largest absolute Gasteiger partial charge is 0.338 e. The molecule has 1 N–H and O–H groups in total. The Morgan fingerprint density at radius 1 is 1.05 bits per heavy atom. The molecule has 1 heterocycles. The summed E-state index contributed by atoms with van der Waals surface area (Å²) >= 11 is 3.11. The first-order chi connectivity index (χ1) is 9.24. The highest BCUT2D eigenvalue weighted by molar-refractivity contribution is 9.10. The van der Waals surface area contributed by atoms with Gasteiger partial charge in [0, 0.05) is 11.1 Å². The van der Waals surface area contributed by atoms with Gasteiger partial charge in [0.1, 0.15) is 5.82 Å². The summed E-state index contributed by atoms with van der Waals surface area (Å²) < 4.78 is 13.9. The second kappa shape index (κ2) is 4.89. The van der Waals surface area contributed by atoms with E-state index in [-0.39, 0.29) is 5.82 Å². The number of halogens is 2. The Kier molecular flexibility index (Phi) is 3.08. The Balaban J connectivity index is 2.03. The van der Waals surface area contributed by atoms with Crippen molar-refractivity contribution >= 4 is 38.3 Å². The lowest BCUT2D eigenvalue weighted by Crippen LogP contribution is -1.99. The molecular weight excluding hydrogens is 311 g/mol. The van der Waals surface area contributed by atoms with Crippen LogP contribution in [0.15, 0.2) is 46.9 Å². The van der Waals surface area contributed by atoms with Crippen LogP contribution in [0.4, 0.5) is 15.9 Å². The Bertz CT molecular complexity index is 742. The van der Waals surface area contributed by atoms with Crippen LogP contribution in [0.5, 0.6) is 0 Å². The molecule has 2 aromatic carbocycles. The summed E-state index contributed by atoms with van der Waals surface area (Å²) in [7, 11) is 0. The number of hydrogen-bond donors (Lipinski definition) is 1. The molecule has 3 rings (SSSR count). The smallest absolute Gasteiger partial charge is 0.164 e. The number of nitrogens with zero attached hydrogens (tertiary/aromatic N) is 3. The predicted molar refractivity (Wildman–Crippen MR) is 74.7 cm³/mol. The average molecular weight is 319 g/mol. The first kappa shape index (κ1) is 12.0. The fourth-order valence-electron chi connectivity index (χ4n) is 1.73. The van der Waals surface area contributed by atoms with Crippen molar-refractivity contribution in [2.45, 2.75) is 0 Å². The number of fused-ring (bicyclic) bond motifs is 1. The summed E-state index contributed by atoms with van der Waals surface area (Å²) in [5, 5.41) is 15.4. The van der Waals surface area contributed by atoms with E-state index in [0.29, 0.717) is 16.0 Å². The molecule has 0 aliphatic heterocycles. The van der Waals surface area contributed by atoms with E-state index in [0.717, 1.165) is 10.9 Å². The van der Waals surface area contributed by atoms with Gasteiger partial charge in [-0.25, -0.2) is 4.39 Å². The third kappa shape index (κ3) is 2.39. The molecule has 0 radical (unpaired) electrons. The fraction of sp³-hybridized carbons (Fsp3) is 0. The summed E-state index contributed by atoms with van der Waals surface area (Å²) in [5.41, 5.74) is 1.34. The maximum atomic E-state index is 13.5. The van der Waals surface area contributed by atoms with E-state index in [2.05, 4.69) is 36.7 Å². The van der Waals surface area contributed by atoms with Crippen molar-refractivity contribution in [3.8, 4) is 0 Å². The van der Waals surface area contributed by atoms with Crippen molar-refractivity contribution in [1.29, 1.82) is 0 Å². The van der Waals surface area contributed by atoms with Crippen molar-refractivity contribution in [1.82, 2.24) is 15.4 Å². The molecule has 0 spiro atoms. The van der Waals surface area contributed by atoms with Crippen molar-refractivity contribution in [2.75, 3.05) is 5.32 Å². The molecular formula is C13H8BrFN4. The molecule has 3 aromatic rings. The van der Waals surface area contributed by atoms with E-state index in [9.17, 15) is 4.39 Å². The number of hydrogen-bond acceptors (Lipinski definition) is 4. The molecule has 0 saturated carbocycles. The average Bonchev–Trinajstić information content (AvgIpc) is 2.43. The van der Waals surface area contributed by atoms with E-state index in [4.69, 9.17) is 0 Å². The number of benzene rings is 2. The highest BCUT2D eigenvalue weighted by atomic mass is 79.9. The second-order valence-corrected chi connectivity index (χ2v) is 4.76. The lowest BCUT2D eigenvalue weighted by Gasteiger charge is -2.07. The van der Waals surface area contributed by atoms with E-state index in [1.807, 2.05) is 24.3 Å². The standard InChI is InChI=1S/C13H8BrFN4/c14-10-6-5-8(7-11(10)15)16-13-9-3-1-2-4-12(9)17-19-18-13/h1-7H,(H,16,17,18).